The maximum Gasteiger partial charge on any atom is 0.416 e. The Morgan fingerprint density at radius 1 is 1.20 bits per heavy atom. The molecule has 2 aromatic rings. The lowest BCUT2D eigenvalue weighted by atomic mass is 9.96. The molecule has 0 radical (unpaired) electrons. The molecule has 2 N–H and O–H groups in total. The number of hydrogen-bond acceptors (Lipinski definition) is 3. The number of alkyl halides is 3. The highest BCUT2D eigenvalue weighted by Gasteiger charge is 2.31. The standard InChI is InChI=1S/C13H11F4N3/c1-7(11-4-5-19-12(18)20-11)9-3-2-8(6-10(9)14)13(15,16)17/h2-7H,1H3,(H2,18,19,20). The fraction of sp³-hybridized carbons (Fsp3) is 0.231. The Balaban J connectivity index is 2.38. The van der Waals surface area contributed by atoms with Gasteiger partial charge in [-0.2, -0.15) is 13.2 Å². The van der Waals surface area contributed by atoms with Gasteiger partial charge in [-0.05, 0) is 23.8 Å². The lowest BCUT2D eigenvalue weighted by Crippen LogP contribution is -2.09. The lowest BCUT2D eigenvalue weighted by Gasteiger charge is -2.14. The van der Waals surface area contributed by atoms with E-state index in [0.29, 0.717) is 11.8 Å². The topological polar surface area (TPSA) is 51.8 Å². The molecule has 1 aromatic carbocycles. The van der Waals surface area contributed by atoms with Gasteiger partial charge in [0.05, 0.1) is 11.3 Å². The average molecular weight is 285 g/mol. The molecule has 0 aliphatic rings. The first kappa shape index (κ1) is 14.2. The molecule has 0 aliphatic heterocycles. The van der Waals surface area contributed by atoms with E-state index in [-0.39, 0.29) is 11.5 Å². The van der Waals surface area contributed by atoms with Crippen molar-refractivity contribution in [3.05, 3.63) is 53.1 Å². The van der Waals surface area contributed by atoms with E-state index >= 15 is 0 Å². The Labute approximate surface area is 112 Å². The number of rotatable bonds is 2. The number of hydrogen-bond donors (Lipinski definition) is 1. The third-order valence-electron chi connectivity index (χ3n) is 2.93. The number of nitrogen functional groups attached to an aromatic ring is 1. The zero-order valence-corrected chi connectivity index (χ0v) is 10.4. The maximum absolute atomic E-state index is 13.8. The van der Waals surface area contributed by atoms with Gasteiger partial charge in [-0.3, -0.25) is 0 Å². The second kappa shape index (κ2) is 5.07. The van der Waals surface area contributed by atoms with E-state index in [4.69, 9.17) is 5.73 Å². The Morgan fingerprint density at radius 3 is 2.45 bits per heavy atom. The van der Waals surface area contributed by atoms with Crippen molar-refractivity contribution >= 4 is 5.95 Å². The van der Waals surface area contributed by atoms with Crippen LogP contribution in [0.1, 0.15) is 29.7 Å². The van der Waals surface area contributed by atoms with Crippen molar-refractivity contribution in [3.63, 3.8) is 0 Å². The zero-order chi connectivity index (χ0) is 14.9. The highest BCUT2D eigenvalue weighted by atomic mass is 19.4. The summed E-state index contributed by atoms with van der Waals surface area (Å²) in [5, 5.41) is 0. The Bertz CT molecular complexity index is 625. The monoisotopic (exact) mass is 285 g/mol. The molecule has 1 heterocycles. The van der Waals surface area contributed by atoms with Crippen LogP contribution in [0.5, 0.6) is 0 Å². The summed E-state index contributed by atoms with van der Waals surface area (Å²) in [5.41, 5.74) is 4.97. The highest BCUT2D eigenvalue weighted by molar-refractivity contribution is 5.34. The van der Waals surface area contributed by atoms with Gasteiger partial charge < -0.3 is 5.73 Å². The molecule has 0 spiro atoms. The van der Waals surface area contributed by atoms with Crippen molar-refractivity contribution in [3.8, 4) is 0 Å². The van der Waals surface area contributed by atoms with Crippen LogP contribution in [-0.2, 0) is 6.18 Å². The molecule has 1 unspecified atom stereocenters. The van der Waals surface area contributed by atoms with Gasteiger partial charge in [-0.25, -0.2) is 14.4 Å². The van der Waals surface area contributed by atoms with Crippen LogP contribution in [0.15, 0.2) is 30.5 Å². The van der Waals surface area contributed by atoms with E-state index in [1.54, 1.807) is 6.92 Å². The van der Waals surface area contributed by atoms with Crippen LogP contribution in [0, 0.1) is 5.82 Å². The molecular formula is C13H11F4N3. The van der Waals surface area contributed by atoms with Crippen LogP contribution >= 0.6 is 0 Å². The highest BCUT2D eigenvalue weighted by Crippen LogP contribution is 2.32. The number of aromatic nitrogens is 2. The van der Waals surface area contributed by atoms with E-state index < -0.39 is 23.5 Å². The molecule has 106 valence electrons. The quantitative estimate of drug-likeness (QED) is 0.861. The van der Waals surface area contributed by atoms with Gasteiger partial charge in [-0.15, -0.1) is 0 Å². The van der Waals surface area contributed by atoms with Gasteiger partial charge in [0.25, 0.3) is 0 Å². The summed E-state index contributed by atoms with van der Waals surface area (Å²) < 4.78 is 51.3. The summed E-state index contributed by atoms with van der Waals surface area (Å²) in [6.45, 7) is 1.63. The van der Waals surface area contributed by atoms with Gasteiger partial charge >= 0.3 is 6.18 Å². The van der Waals surface area contributed by atoms with E-state index in [2.05, 4.69) is 9.97 Å². The minimum absolute atomic E-state index is 0.0293. The SMILES string of the molecule is CC(c1ccnc(N)n1)c1ccc(C(F)(F)F)cc1F. The van der Waals surface area contributed by atoms with Crippen LogP contribution in [0.2, 0.25) is 0 Å². The number of nitrogens with zero attached hydrogens (tertiary/aromatic N) is 2. The maximum atomic E-state index is 13.8. The van der Waals surface area contributed by atoms with Crippen molar-refractivity contribution < 1.29 is 17.6 Å². The van der Waals surface area contributed by atoms with E-state index in [1.165, 1.54) is 12.3 Å². The molecule has 0 saturated carbocycles. The summed E-state index contributed by atoms with van der Waals surface area (Å²) in [5.74, 6) is -1.42. The predicted molar refractivity (Wildman–Crippen MR) is 65.4 cm³/mol. The molecule has 2 rings (SSSR count). The predicted octanol–water partition coefficient (Wildman–Crippen LogP) is 3.37. The zero-order valence-electron chi connectivity index (χ0n) is 10.4. The van der Waals surface area contributed by atoms with Crippen molar-refractivity contribution in [2.24, 2.45) is 0 Å². The van der Waals surface area contributed by atoms with Gasteiger partial charge in [0, 0.05) is 12.1 Å². The molecule has 0 fully saturated rings. The van der Waals surface area contributed by atoms with Crippen LogP contribution in [0.3, 0.4) is 0 Å². The van der Waals surface area contributed by atoms with Crippen molar-refractivity contribution in [1.82, 2.24) is 9.97 Å². The van der Waals surface area contributed by atoms with Crippen molar-refractivity contribution in [1.29, 1.82) is 0 Å². The number of nitrogens with two attached hydrogens (primary N) is 1. The fourth-order valence-corrected chi connectivity index (χ4v) is 1.84. The fourth-order valence-electron chi connectivity index (χ4n) is 1.84. The molecule has 1 aromatic heterocycles. The normalized spacial score (nSPS) is 13.2. The smallest absolute Gasteiger partial charge is 0.368 e. The molecule has 7 heteroatoms. The summed E-state index contributed by atoms with van der Waals surface area (Å²) in [6.07, 6.45) is -3.15. The number of anilines is 1. The second-order valence-electron chi connectivity index (χ2n) is 4.30. The number of benzene rings is 1. The molecule has 3 nitrogen and oxygen atoms in total. The van der Waals surface area contributed by atoms with Gasteiger partial charge in [0.2, 0.25) is 5.95 Å². The first-order valence-corrected chi connectivity index (χ1v) is 5.74. The third kappa shape index (κ3) is 2.87. The summed E-state index contributed by atoms with van der Waals surface area (Å²) >= 11 is 0. The van der Waals surface area contributed by atoms with Gasteiger partial charge in [0.1, 0.15) is 5.82 Å². The molecular weight excluding hydrogens is 274 g/mol. The number of halogens is 4. The average Bonchev–Trinajstić information content (AvgIpc) is 2.36. The largest absolute Gasteiger partial charge is 0.416 e. The van der Waals surface area contributed by atoms with Crippen LogP contribution < -0.4 is 5.73 Å². The molecule has 0 aliphatic carbocycles. The second-order valence-corrected chi connectivity index (χ2v) is 4.30. The third-order valence-corrected chi connectivity index (χ3v) is 2.93. The summed E-state index contributed by atoms with van der Waals surface area (Å²) in [4.78, 5) is 7.65. The molecule has 0 amide bonds. The minimum atomic E-state index is -4.57. The molecule has 1 atom stereocenters. The minimum Gasteiger partial charge on any atom is -0.368 e. The lowest BCUT2D eigenvalue weighted by molar-refractivity contribution is -0.137. The summed E-state index contributed by atoms with van der Waals surface area (Å²) in [7, 11) is 0. The van der Waals surface area contributed by atoms with Gasteiger partial charge in [-0.1, -0.05) is 13.0 Å². The molecule has 20 heavy (non-hydrogen) atoms. The first-order chi connectivity index (χ1) is 9.29. The van der Waals surface area contributed by atoms with Gasteiger partial charge in [0.15, 0.2) is 0 Å². The molecule has 0 bridgehead atoms. The Morgan fingerprint density at radius 2 is 1.90 bits per heavy atom. The van der Waals surface area contributed by atoms with Crippen LogP contribution in [-0.4, -0.2) is 9.97 Å². The van der Waals surface area contributed by atoms with E-state index in [0.717, 1.165) is 12.1 Å². The Kier molecular flexibility index (Phi) is 3.61. The first-order valence-electron chi connectivity index (χ1n) is 5.74. The molecule has 0 saturated heterocycles. The summed E-state index contributed by atoms with van der Waals surface area (Å²) in [6, 6.07) is 3.98. The van der Waals surface area contributed by atoms with Crippen molar-refractivity contribution in [2.45, 2.75) is 19.0 Å². The van der Waals surface area contributed by atoms with Crippen LogP contribution in [0.4, 0.5) is 23.5 Å². The Hall–Kier alpha value is -2.18. The van der Waals surface area contributed by atoms with E-state index in [1.807, 2.05) is 0 Å². The van der Waals surface area contributed by atoms with Crippen LogP contribution in [0.25, 0.3) is 0 Å². The van der Waals surface area contributed by atoms with Crippen molar-refractivity contribution in [2.75, 3.05) is 5.73 Å². The van der Waals surface area contributed by atoms with E-state index in [9.17, 15) is 17.6 Å².